The number of hydrogen-bond acceptors (Lipinski definition) is 6. The highest BCUT2D eigenvalue weighted by atomic mass is 32.1. The van der Waals surface area contributed by atoms with Gasteiger partial charge in [-0.2, -0.15) is 0 Å². The highest BCUT2D eigenvalue weighted by Gasteiger charge is 2.16. The van der Waals surface area contributed by atoms with Gasteiger partial charge in [-0.3, -0.25) is 9.36 Å². The molecule has 5 aromatic rings. The predicted octanol–water partition coefficient (Wildman–Crippen LogP) is 4.28. The fraction of sp³-hybridized carbons (Fsp3) is 0.105. The Bertz CT molecular complexity index is 1350. The summed E-state index contributed by atoms with van der Waals surface area (Å²) >= 11 is 3.09. The topological polar surface area (TPSA) is 51.0 Å². The van der Waals surface area contributed by atoms with Crippen molar-refractivity contribution in [1.82, 2.24) is 14.5 Å². The van der Waals surface area contributed by atoms with E-state index in [1.165, 1.54) is 11.3 Å². The zero-order chi connectivity index (χ0) is 17.8. The van der Waals surface area contributed by atoms with E-state index in [0.29, 0.717) is 4.70 Å². The zero-order valence-corrected chi connectivity index (χ0v) is 15.8. The van der Waals surface area contributed by atoms with Gasteiger partial charge in [-0.15, -0.1) is 22.7 Å². The van der Waals surface area contributed by atoms with Crippen molar-refractivity contribution in [3.8, 4) is 5.69 Å². The largest absolute Gasteiger partial charge is 0.377 e. The third-order valence-electron chi connectivity index (χ3n) is 4.46. The highest BCUT2D eigenvalue weighted by Crippen LogP contribution is 2.36. The monoisotopic (exact) mass is 378 g/mol. The molecular weight excluding hydrogens is 364 g/mol. The van der Waals surface area contributed by atoms with Gasteiger partial charge in [0.15, 0.2) is 0 Å². The summed E-state index contributed by atoms with van der Waals surface area (Å²) < 4.78 is 4.46. The van der Waals surface area contributed by atoms with Crippen molar-refractivity contribution in [2.45, 2.75) is 0 Å². The molecule has 2 aromatic carbocycles. The smallest absolute Gasteiger partial charge is 0.275 e. The van der Waals surface area contributed by atoms with Crippen molar-refractivity contribution >= 4 is 58.9 Å². The number of aromatic nitrogens is 3. The van der Waals surface area contributed by atoms with E-state index in [9.17, 15) is 4.79 Å². The average molecular weight is 378 g/mol. The van der Waals surface area contributed by atoms with Crippen LogP contribution in [0.3, 0.4) is 0 Å². The van der Waals surface area contributed by atoms with Crippen LogP contribution in [0.1, 0.15) is 0 Å². The minimum absolute atomic E-state index is 0.0458. The Morgan fingerprint density at radius 2 is 1.96 bits per heavy atom. The lowest BCUT2D eigenvalue weighted by Crippen LogP contribution is -2.17. The number of thiophene rings is 1. The Labute approximate surface area is 156 Å². The molecule has 0 aliphatic rings. The van der Waals surface area contributed by atoms with Crippen molar-refractivity contribution < 1.29 is 0 Å². The maximum atomic E-state index is 13.2. The second kappa shape index (κ2) is 5.62. The summed E-state index contributed by atoms with van der Waals surface area (Å²) in [6.07, 6.45) is 1.62. The van der Waals surface area contributed by atoms with E-state index in [1.54, 1.807) is 22.2 Å². The Hall–Kier alpha value is -2.77. The van der Waals surface area contributed by atoms with Gasteiger partial charge < -0.3 is 4.90 Å². The Morgan fingerprint density at radius 3 is 2.81 bits per heavy atom. The minimum Gasteiger partial charge on any atom is -0.377 e. The number of anilines is 1. The van der Waals surface area contributed by atoms with E-state index in [2.05, 4.69) is 20.9 Å². The second-order valence-corrected chi connectivity index (χ2v) is 8.19. The van der Waals surface area contributed by atoms with E-state index < -0.39 is 0 Å². The van der Waals surface area contributed by atoms with Gasteiger partial charge in [-0.1, -0.05) is 6.07 Å². The van der Waals surface area contributed by atoms with Gasteiger partial charge in [-0.05, 0) is 30.3 Å². The van der Waals surface area contributed by atoms with Gasteiger partial charge in [-0.25, -0.2) is 9.97 Å². The fourth-order valence-corrected chi connectivity index (χ4v) is 4.98. The highest BCUT2D eigenvalue weighted by molar-refractivity contribution is 7.25. The van der Waals surface area contributed by atoms with E-state index >= 15 is 0 Å². The zero-order valence-electron chi connectivity index (χ0n) is 14.1. The van der Waals surface area contributed by atoms with Crippen LogP contribution in [0.25, 0.3) is 36.2 Å². The molecule has 0 fully saturated rings. The van der Waals surface area contributed by atoms with E-state index in [1.807, 2.05) is 49.9 Å². The molecule has 3 heterocycles. The van der Waals surface area contributed by atoms with Crippen LogP contribution in [0.5, 0.6) is 0 Å². The molecule has 5 nitrogen and oxygen atoms in total. The summed E-state index contributed by atoms with van der Waals surface area (Å²) in [6.45, 7) is 0. The van der Waals surface area contributed by atoms with Crippen molar-refractivity contribution in [3.63, 3.8) is 0 Å². The maximum absolute atomic E-state index is 13.2. The molecule has 0 radical (unpaired) electrons. The van der Waals surface area contributed by atoms with Crippen LogP contribution in [-0.2, 0) is 0 Å². The average Bonchev–Trinajstić information content (AvgIpc) is 3.25. The number of thiazole rings is 1. The van der Waals surface area contributed by atoms with Gasteiger partial charge in [0.1, 0.15) is 11.0 Å². The van der Waals surface area contributed by atoms with Crippen LogP contribution in [0.4, 0.5) is 5.69 Å². The van der Waals surface area contributed by atoms with E-state index in [4.69, 9.17) is 0 Å². The number of rotatable bonds is 2. The van der Waals surface area contributed by atoms with Crippen LogP contribution in [-0.4, -0.2) is 28.6 Å². The minimum atomic E-state index is -0.0458. The van der Waals surface area contributed by atoms with Gasteiger partial charge in [0, 0.05) is 29.9 Å². The van der Waals surface area contributed by atoms with E-state index in [-0.39, 0.29) is 5.56 Å². The van der Waals surface area contributed by atoms with E-state index in [0.717, 1.165) is 37.2 Å². The lowest BCUT2D eigenvalue weighted by atomic mass is 10.2. The van der Waals surface area contributed by atoms with Gasteiger partial charge in [0.2, 0.25) is 0 Å². The quantitative estimate of drug-likeness (QED) is 0.460. The molecule has 0 aliphatic carbocycles. The first-order valence-electron chi connectivity index (χ1n) is 8.07. The molecule has 0 saturated carbocycles. The summed E-state index contributed by atoms with van der Waals surface area (Å²) in [5.74, 6) is 0. The first kappa shape index (κ1) is 15.5. The number of fused-ring (bicyclic) bond motifs is 4. The van der Waals surface area contributed by atoms with Crippen LogP contribution >= 0.6 is 22.7 Å². The van der Waals surface area contributed by atoms with Crippen LogP contribution < -0.4 is 10.5 Å². The van der Waals surface area contributed by atoms with Gasteiger partial charge in [0.05, 0.1) is 26.9 Å². The standard InChI is InChI=1S/C19H14N4OS2/c1-22(2)13-4-3-5-15-16(13)17-18(26-15)19(24)23(9-20-17)11-6-7-14-12(8-11)21-10-25-14/h3-10H,1-2H3. The Morgan fingerprint density at radius 1 is 1.08 bits per heavy atom. The molecule has 128 valence electrons. The molecule has 3 aromatic heterocycles. The lowest BCUT2D eigenvalue weighted by molar-refractivity contribution is 0.969. The van der Waals surface area contributed by atoms with Crippen LogP contribution in [0.15, 0.2) is 53.0 Å². The summed E-state index contributed by atoms with van der Waals surface area (Å²) in [5, 5.41) is 1.04. The number of nitrogens with zero attached hydrogens (tertiary/aromatic N) is 4. The van der Waals surface area contributed by atoms with Crippen LogP contribution in [0, 0.1) is 0 Å². The summed E-state index contributed by atoms with van der Waals surface area (Å²) in [5.41, 5.74) is 5.29. The predicted molar refractivity (Wildman–Crippen MR) is 110 cm³/mol. The molecule has 0 saturated heterocycles. The number of hydrogen-bond donors (Lipinski definition) is 0. The molecule has 0 aliphatic heterocycles. The molecule has 26 heavy (non-hydrogen) atoms. The second-order valence-electron chi connectivity index (χ2n) is 6.25. The first-order chi connectivity index (χ1) is 12.6. The lowest BCUT2D eigenvalue weighted by Gasteiger charge is -2.13. The van der Waals surface area contributed by atoms with Crippen molar-refractivity contribution in [2.75, 3.05) is 19.0 Å². The molecule has 0 unspecified atom stereocenters. The molecule has 0 N–H and O–H groups in total. The molecule has 7 heteroatoms. The molecule has 0 amide bonds. The summed E-state index contributed by atoms with van der Waals surface area (Å²) in [6, 6.07) is 12.0. The molecular formula is C19H14N4OS2. The maximum Gasteiger partial charge on any atom is 0.275 e. The Kier molecular flexibility index (Phi) is 3.35. The first-order valence-corrected chi connectivity index (χ1v) is 9.77. The molecule has 0 atom stereocenters. The Balaban J connectivity index is 1.81. The molecule has 0 bridgehead atoms. The molecule has 5 rings (SSSR count). The van der Waals surface area contributed by atoms with Crippen molar-refractivity contribution in [3.05, 3.63) is 58.6 Å². The summed E-state index contributed by atoms with van der Waals surface area (Å²) in [4.78, 5) is 24.2. The number of benzene rings is 2. The van der Waals surface area contributed by atoms with Gasteiger partial charge >= 0.3 is 0 Å². The third kappa shape index (κ3) is 2.17. The molecule has 0 spiro atoms. The van der Waals surface area contributed by atoms with Crippen molar-refractivity contribution in [1.29, 1.82) is 0 Å². The fourth-order valence-electron chi connectivity index (χ4n) is 3.21. The third-order valence-corrected chi connectivity index (χ3v) is 6.40. The normalized spacial score (nSPS) is 11.6. The van der Waals surface area contributed by atoms with Crippen molar-refractivity contribution in [2.24, 2.45) is 0 Å². The SMILES string of the molecule is CN(C)c1cccc2sc3c(=O)n(-c4ccc5scnc5c4)cnc3c12. The van der Waals surface area contributed by atoms with Gasteiger partial charge in [0.25, 0.3) is 5.56 Å². The summed E-state index contributed by atoms with van der Waals surface area (Å²) in [7, 11) is 4.01. The van der Waals surface area contributed by atoms with Crippen LogP contribution in [0.2, 0.25) is 0 Å².